The molecule has 2 aromatic carbocycles. The van der Waals surface area contributed by atoms with Crippen molar-refractivity contribution >= 4 is 5.91 Å². The van der Waals surface area contributed by atoms with Crippen LogP contribution in [-0.4, -0.2) is 12.5 Å². The molecule has 20 heavy (non-hydrogen) atoms. The van der Waals surface area contributed by atoms with Gasteiger partial charge < -0.3 is 10.1 Å². The lowest BCUT2D eigenvalue weighted by Gasteiger charge is -2.07. The van der Waals surface area contributed by atoms with E-state index in [1.54, 1.807) is 12.1 Å². The first-order valence-electron chi connectivity index (χ1n) is 6.28. The summed E-state index contributed by atoms with van der Waals surface area (Å²) in [5.74, 6) is 3.02. The number of benzene rings is 2. The molecule has 0 atom stereocenters. The van der Waals surface area contributed by atoms with Crippen LogP contribution in [0.15, 0.2) is 54.6 Å². The molecule has 100 valence electrons. The van der Waals surface area contributed by atoms with E-state index < -0.39 is 0 Å². The summed E-state index contributed by atoms with van der Waals surface area (Å²) >= 11 is 0. The second kappa shape index (κ2) is 7.01. The number of amides is 1. The Balaban J connectivity index is 1.92. The van der Waals surface area contributed by atoms with Gasteiger partial charge in [-0.3, -0.25) is 4.79 Å². The van der Waals surface area contributed by atoms with Gasteiger partial charge in [0.2, 0.25) is 0 Å². The summed E-state index contributed by atoms with van der Waals surface area (Å²) in [5.41, 5.74) is 1.59. The van der Waals surface area contributed by atoms with E-state index in [1.807, 2.05) is 42.5 Å². The molecule has 0 fully saturated rings. The number of terminal acetylenes is 1. The molecular weight excluding hydrogens is 250 g/mol. The molecule has 2 rings (SSSR count). The predicted molar refractivity (Wildman–Crippen MR) is 78.4 cm³/mol. The monoisotopic (exact) mass is 265 g/mol. The van der Waals surface area contributed by atoms with Gasteiger partial charge in [-0.05, 0) is 29.8 Å². The molecule has 0 aromatic heterocycles. The standard InChI is InChI=1S/C17H15NO2/c1-2-12-18-17(19)15-10-8-14(9-11-15)13-20-16-6-4-3-5-7-16/h1,3-11H,12-13H2,(H,18,19). The average Bonchev–Trinajstić information content (AvgIpc) is 2.52. The van der Waals surface area contributed by atoms with Gasteiger partial charge >= 0.3 is 0 Å². The highest BCUT2D eigenvalue weighted by atomic mass is 16.5. The smallest absolute Gasteiger partial charge is 0.252 e. The average molecular weight is 265 g/mol. The first-order valence-corrected chi connectivity index (χ1v) is 6.28. The molecular formula is C17H15NO2. The molecule has 0 spiro atoms. The van der Waals surface area contributed by atoms with Crippen molar-refractivity contribution in [1.29, 1.82) is 0 Å². The maximum atomic E-state index is 11.7. The Hall–Kier alpha value is -2.73. The second-order valence-electron chi connectivity index (χ2n) is 4.19. The Kier molecular flexibility index (Phi) is 4.80. The third-order valence-corrected chi connectivity index (χ3v) is 2.72. The summed E-state index contributed by atoms with van der Waals surface area (Å²) in [6, 6.07) is 16.9. The lowest BCUT2D eigenvalue weighted by molar-refractivity contribution is 0.0958. The van der Waals surface area contributed by atoms with Gasteiger partial charge in [-0.15, -0.1) is 6.42 Å². The van der Waals surface area contributed by atoms with E-state index in [9.17, 15) is 4.79 Å². The number of nitrogens with one attached hydrogen (secondary N) is 1. The summed E-state index contributed by atoms with van der Waals surface area (Å²) < 4.78 is 5.63. The largest absolute Gasteiger partial charge is 0.489 e. The zero-order valence-corrected chi connectivity index (χ0v) is 11.0. The zero-order valence-electron chi connectivity index (χ0n) is 11.0. The fraction of sp³-hybridized carbons (Fsp3) is 0.118. The van der Waals surface area contributed by atoms with Gasteiger partial charge in [0, 0.05) is 5.56 Å². The number of hydrogen-bond donors (Lipinski definition) is 1. The molecule has 0 aliphatic carbocycles. The van der Waals surface area contributed by atoms with E-state index in [0.29, 0.717) is 12.2 Å². The van der Waals surface area contributed by atoms with Crippen molar-refractivity contribution in [2.24, 2.45) is 0 Å². The van der Waals surface area contributed by atoms with E-state index in [2.05, 4.69) is 11.2 Å². The highest BCUT2D eigenvalue weighted by Gasteiger charge is 2.04. The zero-order chi connectivity index (χ0) is 14.2. The number of hydrogen-bond acceptors (Lipinski definition) is 2. The Morgan fingerprint density at radius 1 is 1.10 bits per heavy atom. The Bertz CT molecular complexity index is 597. The number of ether oxygens (including phenoxy) is 1. The Labute approximate surface area is 118 Å². The normalized spacial score (nSPS) is 9.55. The van der Waals surface area contributed by atoms with Crippen LogP contribution < -0.4 is 10.1 Å². The van der Waals surface area contributed by atoms with Crippen molar-refractivity contribution < 1.29 is 9.53 Å². The minimum absolute atomic E-state index is 0.168. The SMILES string of the molecule is C#CCNC(=O)c1ccc(COc2ccccc2)cc1. The maximum absolute atomic E-state index is 11.7. The van der Waals surface area contributed by atoms with Crippen LogP contribution in [0.5, 0.6) is 5.75 Å². The summed E-state index contributed by atoms with van der Waals surface area (Å²) in [7, 11) is 0. The molecule has 3 heteroatoms. The molecule has 0 heterocycles. The lowest BCUT2D eigenvalue weighted by Crippen LogP contribution is -2.23. The summed E-state index contributed by atoms with van der Waals surface area (Å²) in [4.78, 5) is 11.7. The van der Waals surface area contributed by atoms with Gasteiger partial charge in [-0.1, -0.05) is 36.3 Å². The van der Waals surface area contributed by atoms with Crippen molar-refractivity contribution in [3.63, 3.8) is 0 Å². The van der Waals surface area contributed by atoms with Gasteiger partial charge in [0.25, 0.3) is 5.91 Å². The molecule has 1 N–H and O–H groups in total. The van der Waals surface area contributed by atoms with Gasteiger partial charge in [0.05, 0.1) is 6.54 Å². The van der Waals surface area contributed by atoms with Gasteiger partial charge in [0.1, 0.15) is 12.4 Å². The summed E-state index contributed by atoms with van der Waals surface area (Å²) in [6.07, 6.45) is 5.09. The van der Waals surface area contributed by atoms with Crippen LogP contribution in [-0.2, 0) is 6.61 Å². The van der Waals surface area contributed by atoms with Crippen LogP contribution in [0, 0.1) is 12.3 Å². The van der Waals surface area contributed by atoms with Crippen LogP contribution in [0.3, 0.4) is 0 Å². The third-order valence-electron chi connectivity index (χ3n) is 2.72. The van der Waals surface area contributed by atoms with Crippen LogP contribution in [0.4, 0.5) is 0 Å². The first-order chi connectivity index (χ1) is 9.79. The van der Waals surface area contributed by atoms with Gasteiger partial charge in [-0.25, -0.2) is 0 Å². The molecule has 3 nitrogen and oxygen atoms in total. The van der Waals surface area contributed by atoms with Gasteiger partial charge in [-0.2, -0.15) is 0 Å². The minimum atomic E-state index is -0.168. The number of para-hydroxylation sites is 1. The quantitative estimate of drug-likeness (QED) is 0.844. The van der Waals surface area contributed by atoms with E-state index in [1.165, 1.54) is 0 Å². The van der Waals surface area contributed by atoms with Crippen molar-refractivity contribution in [3.8, 4) is 18.1 Å². The topological polar surface area (TPSA) is 38.3 Å². The van der Waals surface area contributed by atoms with Crippen LogP contribution >= 0.6 is 0 Å². The van der Waals surface area contributed by atoms with Crippen LogP contribution in [0.1, 0.15) is 15.9 Å². The van der Waals surface area contributed by atoms with Crippen molar-refractivity contribution in [1.82, 2.24) is 5.32 Å². The summed E-state index contributed by atoms with van der Waals surface area (Å²) in [5, 5.41) is 2.62. The Morgan fingerprint density at radius 2 is 1.80 bits per heavy atom. The van der Waals surface area contributed by atoms with E-state index in [4.69, 9.17) is 11.2 Å². The minimum Gasteiger partial charge on any atom is -0.489 e. The van der Waals surface area contributed by atoms with Gasteiger partial charge in [0.15, 0.2) is 0 Å². The molecule has 0 bridgehead atoms. The number of rotatable bonds is 5. The lowest BCUT2D eigenvalue weighted by atomic mass is 10.1. The summed E-state index contributed by atoms with van der Waals surface area (Å²) in [6.45, 7) is 0.702. The molecule has 0 aliphatic heterocycles. The fourth-order valence-electron chi connectivity index (χ4n) is 1.67. The van der Waals surface area contributed by atoms with E-state index in [-0.39, 0.29) is 12.5 Å². The predicted octanol–water partition coefficient (Wildman–Crippen LogP) is 2.63. The molecule has 0 saturated heterocycles. The number of carbonyl (C=O) groups is 1. The number of carbonyl (C=O) groups excluding carboxylic acids is 1. The molecule has 0 saturated carbocycles. The third kappa shape index (κ3) is 3.89. The van der Waals surface area contributed by atoms with E-state index in [0.717, 1.165) is 11.3 Å². The first kappa shape index (κ1) is 13.7. The van der Waals surface area contributed by atoms with E-state index >= 15 is 0 Å². The molecule has 1 amide bonds. The van der Waals surface area contributed by atoms with Crippen molar-refractivity contribution in [2.45, 2.75) is 6.61 Å². The van der Waals surface area contributed by atoms with Crippen LogP contribution in [0.25, 0.3) is 0 Å². The highest BCUT2D eigenvalue weighted by molar-refractivity contribution is 5.94. The molecule has 0 unspecified atom stereocenters. The molecule has 0 radical (unpaired) electrons. The molecule has 2 aromatic rings. The highest BCUT2D eigenvalue weighted by Crippen LogP contribution is 2.12. The second-order valence-corrected chi connectivity index (χ2v) is 4.19. The van der Waals surface area contributed by atoms with Crippen molar-refractivity contribution in [3.05, 3.63) is 65.7 Å². The van der Waals surface area contributed by atoms with Crippen LogP contribution in [0.2, 0.25) is 0 Å². The molecule has 0 aliphatic rings. The Morgan fingerprint density at radius 3 is 2.45 bits per heavy atom. The maximum Gasteiger partial charge on any atom is 0.252 e. The fourth-order valence-corrected chi connectivity index (χ4v) is 1.67. The van der Waals surface area contributed by atoms with Crippen molar-refractivity contribution in [2.75, 3.05) is 6.54 Å².